The molecule has 0 fully saturated rings. The molecule has 6 heteroatoms. The van der Waals surface area contributed by atoms with Crippen molar-refractivity contribution < 1.29 is 18.7 Å². The second-order valence-corrected chi connectivity index (χ2v) is 6.25. The molecule has 0 saturated carbocycles. The van der Waals surface area contributed by atoms with E-state index >= 15 is 0 Å². The van der Waals surface area contributed by atoms with E-state index in [4.69, 9.17) is 12.2 Å². The van der Waals surface area contributed by atoms with E-state index in [1.165, 1.54) is 6.07 Å². The molecule has 0 bridgehead atoms. The minimum Gasteiger partial charge on any atom is -0.511 e. The van der Waals surface area contributed by atoms with Gasteiger partial charge in [0.15, 0.2) is 17.4 Å². The first kappa shape index (κ1) is 15.6. The second-order valence-electron chi connectivity index (χ2n) is 5.85. The highest BCUT2D eigenvalue weighted by Gasteiger charge is 2.34. The van der Waals surface area contributed by atoms with Crippen LogP contribution in [-0.4, -0.2) is 15.9 Å². The summed E-state index contributed by atoms with van der Waals surface area (Å²) >= 11 is 5.10. The molecule has 0 saturated heterocycles. The quantitative estimate of drug-likeness (QED) is 0.813. The zero-order chi connectivity index (χ0) is 15.8. The molecule has 1 aromatic rings. The molecule has 0 unspecified atom stereocenters. The predicted octanol–water partition coefficient (Wildman–Crippen LogP) is 3.91. The number of nitrogens with one attached hydrogen (secondary N) is 1. The van der Waals surface area contributed by atoms with Crippen molar-refractivity contribution in [1.29, 1.82) is 0 Å². The van der Waals surface area contributed by atoms with E-state index < -0.39 is 11.6 Å². The fourth-order valence-electron chi connectivity index (χ4n) is 2.31. The van der Waals surface area contributed by atoms with E-state index in [-0.39, 0.29) is 39.6 Å². The van der Waals surface area contributed by atoms with Crippen LogP contribution in [0.1, 0.15) is 26.7 Å². The van der Waals surface area contributed by atoms with E-state index in [2.05, 4.69) is 5.32 Å². The first-order valence-corrected chi connectivity index (χ1v) is 6.82. The maximum Gasteiger partial charge on any atom is 0.169 e. The van der Waals surface area contributed by atoms with E-state index in [0.29, 0.717) is 6.42 Å². The van der Waals surface area contributed by atoms with E-state index in [9.17, 15) is 18.7 Å². The summed E-state index contributed by atoms with van der Waals surface area (Å²) < 4.78 is 26.0. The molecule has 0 aliphatic heterocycles. The Hall–Kier alpha value is -1.82. The third kappa shape index (κ3) is 3.44. The average Bonchev–Trinajstić information content (AvgIpc) is 2.31. The number of carbonyl (C=O) groups excluding carboxylic acids is 1. The van der Waals surface area contributed by atoms with Crippen LogP contribution in [0.3, 0.4) is 0 Å². The van der Waals surface area contributed by atoms with Crippen LogP contribution in [0.15, 0.2) is 29.5 Å². The fraction of sp³-hybridized carbons (Fsp3) is 0.333. The normalized spacial score (nSPS) is 17.8. The number of Topliss-reactive ketones (excluding diaryl/α,β-unsaturated/α-hetero) is 1. The third-order valence-electron chi connectivity index (χ3n) is 3.26. The summed E-state index contributed by atoms with van der Waals surface area (Å²) in [6.07, 6.45) is 0.611. The molecule has 0 spiro atoms. The van der Waals surface area contributed by atoms with Crippen LogP contribution >= 0.6 is 12.2 Å². The Morgan fingerprint density at radius 1 is 1.29 bits per heavy atom. The van der Waals surface area contributed by atoms with Crippen LogP contribution in [0.4, 0.5) is 14.5 Å². The molecule has 0 heterocycles. The smallest absolute Gasteiger partial charge is 0.169 e. The summed E-state index contributed by atoms with van der Waals surface area (Å²) in [5.74, 6) is -2.32. The van der Waals surface area contributed by atoms with Crippen molar-refractivity contribution in [2.24, 2.45) is 5.41 Å². The van der Waals surface area contributed by atoms with Gasteiger partial charge >= 0.3 is 0 Å². The van der Waals surface area contributed by atoms with Crippen molar-refractivity contribution in [1.82, 2.24) is 0 Å². The van der Waals surface area contributed by atoms with Gasteiger partial charge in [-0.25, -0.2) is 8.78 Å². The maximum absolute atomic E-state index is 13.1. The van der Waals surface area contributed by atoms with Gasteiger partial charge in [-0.1, -0.05) is 26.1 Å². The highest BCUT2D eigenvalue weighted by molar-refractivity contribution is 7.81. The van der Waals surface area contributed by atoms with E-state index in [1.54, 1.807) is 0 Å². The molecule has 0 amide bonds. The second kappa shape index (κ2) is 5.52. The van der Waals surface area contributed by atoms with Crippen LogP contribution in [0.5, 0.6) is 0 Å². The van der Waals surface area contributed by atoms with E-state index in [1.807, 2.05) is 13.8 Å². The number of ketones is 1. The Bertz CT molecular complexity index is 653. The lowest BCUT2D eigenvalue weighted by atomic mass is 9.76. The Balaban J connectivity index is 2.24. The van der Waals surface area contributed by atoms with Gasteiger partial charge in [0.05, 0.1) is 5.57 Å². The molecule has 0 atom stereocenters. The number of carbonyl (C=O) groups is 1. The van der Waals surface area contributed by atoms with Crippen molar-refractivity contribution >= 4 is 28.7 Å². The minimum atomic E-state index is -1.02. The molecule has 0 radical (unpaired) electrons. The zero-order valence-electron chi connectivity index (χ0n) is 11.7. The van der Waals surface area contributed by atoms with E-state index in [0.717, 1.165) is 12.1 Å². The topological polar surface area (TPSA) is 49.3 Å². The highest BCUT2D eigenvalue weighted by atomic mass is 32.1. The number of thiocarbonyl (C=S) groups is 1. The molecule has 3 nitrogen and oxygen atoms in total. The van der Waals surface area contributed by atoms with Crippen LogP contribution in [0.25, 0.3) is 0 Å². The van der Waals surface area contributed by atoms with Crippen molar-refractivity contribution in [2.75, 3.05) is 5.32 Å². The standard InChI is InChI=1S/C15H15F2NO2S/c1-15(2)6-11(19)13(12(20)7-15)14(21)18-8-3-4-9(16)10(17)5-8/h3-5,19H,6-7H2,1-2H3,(H,18,21). The number of benzene rings is 1. The van der Waals surface area contributed by atoms with Gasteiger partial charge in [0.25, 0.3) is 0 Å². The number of halogens is 2. The number of anilines is 1. The molecule has 0 aromatic heterocycles. The summed E-state index contributed by atoms with van der Waals surface area (Å²) in [6, 6.07) is 3.20. The Morgan fingerprint density at radius 2 is 1.95 bits per heavy atom. The molecule has 2 N–H and O–H groups in total. The van der Waals surface area contributed by atoms with Crippen LogP contribution < -0.4 is 5.32 Å². The maximum atomic E-state index is 13.1. The van der Waals surface area contributed by atoms with Gasteiger partial charge in [-0.05, 0) is 17.5 Å². The summed E-state index contributed by atoms with van der Waals surface area (Å²) in [5, 5.41) is 12.7. The monoisotopic (exact) mass is 311 g/mol. The molecule has 112 valence electrons. The molecular formula is C15H15F2NO2S. The van der Waals surface area contributed by atoms with Gasteiger partial charge in [0.1, 0.15) is 10.7 Å². The van der Waals surface area contributed by atoms with Gasteiger partial charge in [-0.15, -0.1) is 0 Å². The summed E-state index contributed by atoms with van der Waals surface area (Å²) in [7, 11) is 0. The molecular weight excluding hydrogens is 296 g/mol. The molecule has 1 aromatic carbocycles. The van der Waals surface area contributed by atoms with Gasteiger partial charge in [0.2, 0.25) is 0 Å². The van der Waals surface area contributed by atoms with Gasteiger partial charge in [0, 0.05) is 24.6 Å². The molecule has 21 heavy (non-hydrogen) atoms. The lowest BCUT2D eigenvalue weighted by molar-refractivity contribution is -0.117. The van der Waals surface area contributed by atoms with Gasteiger partial charge in [-0.3, -0.25) is 4.79 Å². The van der Waals surface area contributed by atoms with Gasteiger partial charge < -0.3 is 10.4 Å². The zero-order valence-corrected chi connectivity index (χ0v) is 12.5. The van der Waals surface area contributed by atoms with Crippen molar-refractivity contribution in [3.63, 3.8) is 0 Å². The SMILES string of the molecule is CC1(C)CC(=O)C(C(=S)Nc2ccc(F)c(F)c2)=C(O)C1. The van der Waals surface area contributed by atoms with Crippen LogP contribution in [0.2, 0.25) is 0 Å². The highest BCUT2D eigenvalue weighted by Crippen LogP contribution is 2.36. The largest absolute Gasteiger partial charge is 0.511 e. The Morgan fingerprint density at radius 3 is 2.52 bits per heavy atom. The minimum absolute atomic E-state index is 0.0130. The summed E-state index contributed by atoms with van der Waals surface area (Å²) in [6.45, 7) is 3.76. The van der Waals surface area contributed by atoms with Crippen LogP contribution in [0, 0.1) is 17.0 Å². The fourth-order valence-corrected chi connectivity index (χ4v) is 2.66. The summed E-state index contributed by atoms with van der Waals surface area (Å²) in [4.78, 5) is 12.1. The number of hydrogen-bond acceptors (Lipinski definition) is 3. The lowest BCUT2D eigenvalue weighted by Gasteiger charge is -2.29. The first-order valence-electron chi connectivity index (χ1n) is 6.41. The number of aliphatic hydroxyl groups is 1. The van der Waals surface area contributed by atoms with Gasteiger partial charge in [-0.2, -0.15) is 0 Å². The third-order valence-corrected chi connectivity index (χ3v) is 3.56. The lowest BCUT2D eigenvalue weighted by Crippen LogP contribution is -2.31. The number of rotatable bonds is 2. The first-order chi connectivity index (χ1) is 9.69. The molecule has 1 aliphatic carbocycles. The average molecular weight is 311 g/mol. The van der Waals surface area contributed by atoms with Crippen LogP contribution in [-0.2, 0) is 4.79 Å². The Labute approximate surface area is 126 Å². The van der Waals surface area contributed by atoms with Crippen molar-refractivity contribution in [2.45, 2.75) is 26.7 Å². The summed E-state index contributed by atoms with van der Waals surface area (Å²) in [5.41, 5.74) is -0.0479. The Kier molecular flexibility index (Phi) is 4.09. The number of allylic oxidation sites excluding steroid dienone is 1. The van der Waals surface area contributed by atoms with Crippen molar-refractivity contribution in [3.05, 3.63) is 41.2 Å². The molecule has 1 aliphatic rings. The van der Waals surface area contributed by atoms with Crippen molar-refractivity contribution in [3.8, 4) is 0 Å². The number of hydrogen-bond donors (Lipinski definition) is 2. The molecule has 2 rings (SSSR count). The number of aliphatic hydroxyl groups excluding tert-OH is 1. The predicted molar refractivity (Wildman–Crippen MR) is 80.3 cm³/mol.